The fourth-order valence-electron chi connectivity index (χ4n) is 1.23. The summed E-state index contributed by atoms with van der Waals surface area (Å²) in [5.41, 5.74) is 0.655. The monoisotopic (exact) mass is 233 g/mol. The Labute approximate surface area is 97.6 Å². The maximum absolute atomic E-state index is 11.5. The highest BCUT2D eigenvalue weighted by atomic mass is 16.5. The minimum Gasteiger partial charge on any atom is -0.497 e. The van der Waals surface area contributed by atoms with Gasteiger partial charge in [0, 0.05) is 11.8 Å². The first-order valence-corrected chi connectivity index (χ1v) is 4.90. The van der Waals surface area contributed by atoms with E-state index in [1.165, 1.54) is 6.20 Å². The number of rotatable bonds is 3. The molecule has 0 aliphatic rings. The van der Waals surface area contributed by atoms with Crippen molar-refractivity contribution in [3.63, 3.8) is 0 Å². The SMILES string of the molecule is COc1ccc(NC(=O)Nc2ccno2)cc1. The van der Waals surface area contributed by atoms with Crippen molar-refractivity contribution in [1.82, 2.24) is 5.16 Å². The number of methoxy groups -OCH3 is 1. The predicted molar refractivity (Wildman–Crippen MR) is 62.1 cm³/mol. The highest BCUT2D eigenvalue weighted by molar-refractivity contribution is 5.98. The number of anilines is 2. The molecule has 6 heteroatoms. The van der Waals surface area contributed by atoms with Crippen molar-refractivity contribution < 1.29 is 14.1 Å². The molecule has 1 aromatic carbocycles. The zero-order valence-electron chi connectivity index (χ0n) is 9.14. The van der Waals surface area contributed by atoms with Crippen LogP contribution < -0.4 is 15.4 Å². The van der Waals surface area contributed by atoms with Gasteiger partial charge in [-0.15, -0.1) is 0 Å². The lowest BCUT2D eigenvalue weighted by atomic mass is 10.3. The maximum Gasteiger partial charge on any atom is 0.326 e. The smallest absolute Gasteiger partial charge is 0.326 e. The number of nitrogens with zero attached hydrogens (tertiary/aromatic N) is 1. The number of benzene rings is 1. The number of hydrogen-bond donors (Lipinski definition) is 2. The molecular weight excluding hydrogens is 222 g/mol. The molecule has 2 rings (SSSR count). The van der Waals surface area contributed by atoms with E-state index < -0.39 is 6.03 Å². The number of aromatic nitrogens is 1. The number of amides is 2. The molecule has 6 nitrogen and oxygen atoms in total. The lowest BCUT2D eigenvalue weighted by molar-refractivity contribution is 0.261. The Kier molecular flexibility index (Phi) is 3.25. The Morgan fingerprint density at radius 2 is 2.00 bits per heavy atom. The van der Waals surface area contributed by atoms with Crippen molar-refractivity contribution in [3.8, 4) is 5.75 Å². The second-order valence-corrected chi connectivity index (χ2v) is 3.18. The van der Waals surface area contributed by atoms with E-state index in [9.17, 15) is 4.79 Å². The summed E-state index contributed by atoms with van der Waals surface area (Å²) < 4.78 is 9.74. The van der Waals surface area contributed by atoms with E-state index in [4.69, 9.17) is 9.26 Å². The molecule has 0 saturated carbocycles. The molecule has 0 atom stereocenters. The van der Waals surface area contributed by atoms with E-state index in [2.05, 4.69) is 15.8 Å². The molecule has 0 unspecified atom stereocenters. The van der Waals surface area contributed by atoms with Crippen LogP contribution in [-0.2, 0) is 0 Å². The van der Waals surface area contributed by atoms with Gasteiger partial charge >= 0.3 is 6.03 Å². The number of hydrogen-bond acceptors (Lipinski definition) is 4. The summed E-state index contributed by atoms with van der Waals surface area (Å²) in [5, 5.41) is 8.60. The minimum absolute atomic E-state index is 0.288. The Balaban J connectivity index is 1.93. The lowest BCUT2D eigenvalue weighted by Gasteiger charge is -2.05. The zero-order chi connectivity index (χ0) is 12.1. The van der Waals surface area contributed by atoms with Crippen molar-refractivity contribution in [1.29, 1.82) is 0 Å². The number of urea groups is 1. The van der Waals surface area contributed by atoms with Crippen molar-refractivity contribution in [2.24, 2.45) is 0 Å². The molecule has 0 spiro atoms. The summed E-state index contributed by atoms with van der Waals surface area (Å²) in [5.74, 6) is 1.02. The largest absolute Gasteiger partial charge is 0.497 e. The van der Waals surface area contributed by atoms with E-state index in [0.29, 0.717) is 5.69 Å². The van der Waals surface area contributed by atoms with Crippen LogP contribution in [0.2, 0.25) is 0 Å². The molecule has 17 heavy (non-hydrogen) atoms. The summed E-state index contributed by atoms with van der Waals surface area (Å²) in [6.45, 7) is 0. The Morgan fingerprint density at radius 3 is 2.59 bits per heavy atom. The molecule has 0 fully saturated rings. The second-order valence-electron chi connectivity index (χ2n) is 3.18. The highest BCUT2D eigenvalue weighted by Gasteiger charge is 2.04. The molecule has 1 heterocycles. The first kappa shape index (κ1) is 11.0. The van der Waals surface area contributed by atoms with Gasteiger partial charge < -0.3 is 14.6 Å². The summed E-state index contributed by atoms with van der Waals surface area (Å²) in [7, 11) is 1.58. The van der Waals surface area contributed by atoms with Gasteiger partial charge in [-0.05, 0) is 24.3 Å². The second kappa shape index (κ2) is 5.02. The van der Waals surface area contributed by atoms with Crippen molar-refractivity contribution in [3.05, 3.63) is 36.5 Å². The van der Waals surface area contributed by atoms with Gasteiger partial charge in [0.05, 0.1) is 13.3 Å². The normalized spacial score (nSPS) is 9.71. The summed E-state index contributed by atoms with van der Waals surface area (Å²) >= 11 is 0. The number of nitrogens with one attached hydrogen (secondary N) is 2. The van der Waals surface area contributed by atoms with Gasteiger partial charge in [0.25, 0.3) is 0 Å². The quantitative estimate of drug-likeness (QED) is 0.852. The van der Waals surface area contributed by atoms with Crippen LogP contribution in [0.1, 0.15) is 0 Å². The fraction of sp³-hybridized carbons (Fsp3) is 0.0909. The van der Waals surface area contributed by atoms with Crippen LogP contribution in [0.3, 0.4) is 0 Å². The summed E-state index contributed by atoms with van der Waals surface area (Å²) in [6.07, 6.45) is 1.45. The molecule has 0 bridgehead atoms. The third kappa shape index (κ3) is 2.97. The summed E-state index contributed by atoms with van der Waals surface area (Å²) in [6, 6.07) is 8.13. The predicted octanol–water partition coefficient (Wildman–Crippen LogP) is 2.33. The van der Waals surface area contributed by atoms with E-state index in [1.54, 1.807) is 37.4 Å². The van der Waals surface area contributed by atoms with Crippen LogP contribution in [-0.4, -0.2) is 18.3 Å². The van der Waals surface area contributed by atoms with Gasteiger partial charge in [-0.1, -0.05) is 5.16 Å². The van der Waals surface area contributed by atoms with Crippen LogP contribution in [0.5, 0.6) is 5.75 Å². The average molecular weight is 233 g/mol. The van der Waals surface area contributed by atoms with Gasteiger partial charge in [0.2, 0.25) is 5.88 Å². The molecule has 0 radical (unpaired) electrons. The summed E-state index contributed by atoms with van der Waals surface area (Å²) in [4.78, 5) is 11.5. The lowest BCUT2D eigenvalue weighted by Crippen LogP contribution is -2.18. The molecule has 2 amide bonds. The van der Waals surface area contributed by atoms with Crippen LogP contribution in [0.15, 0.2) is 41.1 Å². The molecule has 0 saturated heterocycles. The standard InChI is InChI=1S/C11H11N3O3/c1-16-9-4-2-8(3-5-9)13-11(15)14-10-6-7-12-17-10/h2-7H,1H3,(H2,13,14,15). The van der Waals surface area contributed by atoms with Crippen LogP contribution in [0, 0.1) is 0 Å². The molecule has 2 N–H and O–H groups in total. The Hall–Kier alpha value is -2.50. The van der Waals surface area contributed by atoms with Gasteiger partial charge in [0.1, 0.15) is 5.75 Å². The molecule has 0 aliphatic heterocycles. The van der Waals surface area contributed by atoms with Crippen LogP contribution in [0.4, 0.5) is 16.4 Å². The molecular formula is C11H11N3O3. The maximum atomic E-state index is 11.5. The third-order valence-corrected chi connectivity index (χ3v) is 2.02. The molecule has 2 aromatic rings. The van der Waals surface area contributed by atoms with Crippen LogP contribution in [0.25, 0.3) is 0 Å². The Morgan fingerprint density at radius 1 is 1.24 bits per heavy atom. The number of carbonyl (C=O) groups excluding carboxylic acids is 1. The van der Waals surface area contributed by atoms with E-state index >= 15 is 0 Å². The van der Waals surface area contributed by atoms with Gasteiger partial charge in [0.15, 0.2) is 0 Å². The highest BCUT2D eigenvalue weighted by Crippen LogP contribution is 2.15. The van der Waals surface area contributed by atoms with Gasteiger partial charge in [-0.2, -0.15) is 0 Å². The fourth-order valence-corrected chi connectivity index (χ4v) is 1.23. The van der Waals surface area contributed by atoms with Crippen molar-refractivity contribution in [2.75, 3.05) is 17.7 Å². The first-order valence-electron chi connectivity index (χ1n) is 4.90. The van der Waals surface area contributed by atoms with Gasteiger partial charge in [-0.25, -0.2) is 4.79 Å². The molecule has 0 aliphatic carbocycles. The van der Waals surface area contributed by atoms with E-state index in [-0.39, 0.29) is 5.88 Å². The van der Waals surface area contributed by atoms with Crippen LogP contribution >= 0.6 is 0 Å². The molecule has 1 aromatic heterocycles. The molecule has 88 valence electrons. The van der Waals surface area contributed by atoms with Crippen molar-refractivity contribution in [2.45, 2.75) is 0 Å². The Bertz CT molecular complexity index is 479. The van der Waals surface area contributed by atoms with E-state index in [1.807, 2.05) is 0 Å². The van der Waals surface area contributed by atoms with E-state index in [0.717, 1.165) is 5.75 Å². The topological polar surface area (TPSA) is 76.4 Å². The zero-order valence-corrected chi connectivity index (χ0v) is 9.14. The minimum atomic E-state index is -0.396. The number of ether oxygens (including phenoxy) is 1. The first-order chi connectivity index (χ1) is 8.28. The third-order valence-electron chi connectivity index (χ3n) is 2.02. The average Bonchev–Trinajstić information content (AvgIpc) is 2.82. The van der Waals surface area contributed by atoms with Gasteiger partial charge in [-0.3, -0.25) is 5.32 Å². The van der Waals surface area contributed by atoms with Crippen molar-refractivity contribution >= 4 is 17.6 Å². The number of carbonyl (C=O) groups is 1.